The smallest absolute Gasteiger partial charge is 0.459 e. The zero-order valence-electron chi connectivity index (χ0n) is 26.2. The fraction of sp³-hybridized carbons (Fsp3) is 0.483. The number of halogens is 1. The van der Waals surface area contributed by atoms with Gasteiger partial charge in [0.2, 0.25) is 11.8 Å². The van der Waals surface area contributed by atoms with E-state index in [0.717, 1.165) is 0 Å². The summed E-state index contributed by atoms with van der Waals surface area (Å²) in [5.41, 5.74) is 5.00. The molecule has 2 aliphatic rings. The second-order valence-corrected chi connectivity index (χ2v) is 14.2. The molecule has 258 valence electrons. The van der Waals surface area contributed by atoms with Gasteiger partial charge < -0.3 is 39.4 Å². The molecule has 6 rings (SSSR count). The SMILES string of the molecule is COc1nc(N)nc2c1nc(I)n2[C@@H]1O[C@H](COP(=O)(N[C@@H](C)C(=O)OC2CCOCC2)Oc2cccc3ncccc23)[C@@H](O)[C@@]1(C)O. The maximum Gasteiger partial charge on any atom is 0.459 e. The van der Waals surface area contributed by atoms with Gasteiger partial charge in [-0.1, -0.05) is 6.07 Å². The minimum Gasteiger partial charge on any atom is -0.479 e. The Morgan fingerprint density at radius 2 is 2.02 bits per heavy atom. The first kappa shape index (κ1) is 34.6. The highest BCUT2D eigenvalue weighted by atomic mass is 127. The summed E-state index contributed by atoms with van der Waals surface area (Å²) < 4.78 is 50.4. The number of nitrogens with two attached hydrogens (primary N) is 1. The van der Waals surface area contributed by atoms with E-state index < -0.39 is 50.4 Å². The van der Waals surface area contributed by atoms with E-state index >= 15 is 0 Å². The van der Waals surface area contributed by atoms with Crippen molar-refractivity contribution in [3.05, 3.63) is 40.4 Å². The van der Waals surface area contributed by atoms with Gasteiger partial charge in [0.05, 0.1) is 32.4 Å². The van der Waals surface area contributed by atoms with E-state index in [0.29, 0.717) is 40.8 Å². The van der Waals surface area contributed by atoms with E-state index in [1.807, 2.05) is 22.6 Å². The van der Waals surface area contributed by atoms with Crippen LogP contribution in [0.5, 0.6) is 11.6 Å². The number of hydrogen-bond acceptors (Lipinski definition) is 15. The number of carbonyl (C=O) groups excluding carboxylic acids is 1. The quantitative estimate of drug-likeness (QED) is 0.0740. The lowest BCUT2D eigenvalue weighted by Gasteiger charge is -2.28. The molecule has 0 aliphatic carbocycles. The first-order valence-electron chi connectivity index (χ1n) is 15.0. The number of carbonyl (C=O) groups is 1. The summed E-state index contributed by atoms with van der Waals surface area (Å²) in [6, 6.07) is 7.32. The number of aliphatic hydroxyl groups excluding tert-OH is 1. The fourth-order valence-corrected chi connectivity index (χ4v) is 7.78. The summed E-state index contributed by atoms with van der Waals surface area (Å²) in [7, 11) is -3.02. The Kier molecular flexibility index (Phi) is 10.1. The number of nitrogen functional groups attached to an aromatic ring is 1. The number of anilines is 1. The maximum absolute atomic E-state index is 14.4. The molecular formula is C29H35IN7O10P. The summed E-state index contributed by atoms with van der Waals surface area (Å²) in [4.78, 5) is 30.1. The van der Waals surface area contributed by atoms with Crippen LogP contribution >= 0.6 is 30.3 Å². The fourth-order valence-electron chi connectivity index (χ4n) is 5.54. The van der Waals surface area contributed by atoms with Gasteiger partial charge in [-0.15, -0.1) is 0 Å². The molecule has 2 aliphatic heterocycles. The summed E-state index contributed by atoms with van der Waals surface area (Å²) >= 11 is 1.92. The number of imidazole rings is 1. The average Bonchev–Trinajstić information content (AvgIpc) is 3.50. The first-order chi connectivity index (χ1) is 22.9. The molecule has 2 saturated heterocycles. The highest BCUT2D eigenvalue weighted by Gasteiger charge is 2.55. The standard InChI is InChI=1S/C29H35IN7O10P/c1-15(25(39)45-16-9-12-43-13-10-16)36-48(41,47-19-8-4-7-18-17(19)6-5-11-32-18)44-14-20-22(38)29(2,40)26(46-20)37-23-21(33-27(37)30)24(42-3)35-28(31)34-23/h4-8,11,15-16,20,22,26,38,40H,9-10,12-14H2,1-3H3,(H,36,41)(H2,31,34,35)/t15-,20+,22+,26+,29+,48?/m0/s1. The molecule has 1 unspecified atom stereocenters. The number of aromatic nitrogens is 5. The van der Waals surface area contributed by atoms with E-state index in [1.54, 1.807) is 36.5 Å². The molecule has 4 aromatic rings. The number of ether oxygens (including phenoxy) is 4. The molecule has 5 heterocycles. The van der Waals surface area contributed by atoms with Crippen LogP contribution in [0.25, 0.3) is 22.1 Å². The van der Waals surface area contributed by atoms with Gasteiger partial charge in [0, 0.05) is 47.0 Å². The normalized spacial score (nSPS) is 25.2. The Bertz CT molecular complexity index is 1850. The monoisotopic (exact) mass is 799 g/mol. The number of hydrogen-bond donors (Lipinski definition) is 4. The number of rotatable bonds is 11. The predicted molar refractivity (Wildman–Crippen MR) is 178 cm³/mol. The van der Waals surface area contributed by atoms with Crippen LogP contribution in [-0.2, 0) is 28.1 Å². The summed E-state index contributed by atoms with van der Waals surface area (Å²) in [6.45, 7) is 3.25. The number of esters is 1. The molecule has 17 nitrogen and oxygen atoms in total. The second kappa shape index (κ2) is 13.9. The van der Waals surface area contributed by atoms with Crippen LogP contribution < -0.4 is 20.1 Å². The Morgan fingerprint density at radius 3 is 2.77 bits per heavy atom. The highest BCUT2D eigenvalue weighted by molar-refractivity contribution is 14.1. The average molecular weight is 800 g/mol. The minimum atomic E-state index is -4.43. The Hall–Kier alpha value is -3.23. The lowest BCUT2D eigenvalue weighted by Crippen LogP contribution is -2.45. The van der Waals surface area contributed by atoms with Gasteiger partial charge in [-0.25, -0.2) is 9.55 Å². The third-order valence-corrected chi connectivity index (χ3v) is 10.4. The molecule has 0 amide bonds. The molecule has 2 fully saturated rings. The van der Waals surface area contributed by atoms with E-state index in [-0.39, 0.29) is 34.8 Å². The zero-order chi connectivity index (χ0) is 34.2. The van der Waals surface area contributed by atoms with E-state index in [2.05, 4.69) is 25.0 Å². The van der Waals surface area contributed by atoms with Crippen molar-refractivity contribution < 1.29 is 47.6 Å². The molecule has 0 radical (unpaired) electrons. The largest absolute Gasteiger partial charge is 0.479 e. The molecule has 5 N–H and O–H groups in total. The molecule has 6 atom stereocenters. The summed E-state index contributed by atoms with van der Waals surface area (Å²) in [6.07, 6.45) is -1.69. The minimum absolute atomic E-state index is 0.104. The van der Waals surface area contributed by atoms with Crippen LogP contribution in [0.1, 0.15) is 32.9 Å². The third-order valence-electron chi connectivity index (χ3n) is 8.05. The van der Waals surface area contributed by atoms with Crippen molar-refractivity contribution in [3.63, 3.8) is 0 Å². The van der Waals surface area contributed by atoms with E-state index in [4.69, 9.17) is 33.7 Å². The topological polar surface area (TPSA) is 225 Å². The van der Waals surface area contributed by atoms with Crippen molar-refractivity contribution >= 4 is 64.3 Å². The van der Waals surface area contributed by atoms with Gasteiger partial charge >= 0.3 is 13.7 Å². The first-order valence-corrected chi connectivity index (χ1v) is 17.7. The second-order valence-electron chi connectivity index (χ2n) is 11.5. The third kappa shape index (κ3) is 6.93. The van der Waals surface area contributed by atoms with Crippen molar-refractivity contribution in [1.29, 1.82) is 0 Å². The summed E-state index contributed by atoms with van der Waals surface area (Å²) in [5.74, 6) is -0.478. The molecule has 0 spiro atoms. The molecule has 0 saturated carbocycles. The van der Waals surface area contributed by atoms with Gasteiger partial charge in [0.1, 0.15) is 35.7 Å². The van der Waals surface area contributed by atoms with Crippen molar-refractivity contribution in [1.82, 2.24) is 29.6 Å². The number of benzene rings is 1. The number of fused-ring (bicyclic) bond motifs is 2. The zero-order valence-corrected chi connectivity index (χ0v) is 29.2. The molecule has 3 aromatic heterocycles. The van der Waals surface area contributed by atoms with Crippen LogP contribution in [0.15, 0.2) is 36.5 Å². The molecule has 1 aromatic carbocycles. The van der Waals surface area contributed by atoms with Gasteiger partial charge in [0.25, 0.3) is 0 Å². The highest BCUT2D eigenvalue weighted by Crippen LogP contribution is 2.49. The van der Waals surface area contributed by atoms with Gasteiger partial charge in [-0.05, 0) is 38.1 Å². The van der Waals surface area contributed by atoms with E-state index in [1.165, 1.54) is 25.5 Å². The summed E-state index contributed by atoms with van der Waals surface area (Å²) in [5, 5.41) is 26.0. The molecule has 0 bridgehead atoms. The van der Waals surface area contributed by atoms with Crippen molar-refractivity contribution in [2.24, 2.45) is 0 Å². The Balaban J connectivity index is 1.26. The van der Waals surface area contributed by atoms with Gasteiger partial charge in [-0.3, -0.25) is 18.9 Å². The van der Waals surface area contributed by atoms with E-state index in [9.17, 15) is 19.6 Å². The van der Waals surface area contributed by atoms with Crippen molar-refractivity contribution in [2.45, 2.75) is 62.9 Å². The van der Waals surface area contributed by atoms with Crippen molar-refractivity contribution in [3.8, 4) is 11.6 Å². The van der Waals surface area contributed by atoms with Gasteiger partial charge in [-0.2, -0.15) is 15.1 Å². The molecular weight excluding hydrogens is 764 g/mol. The van der Waals surface area contributed by atoms with Gasteiger partial charge in [0.15, 0.2) is 21.2 Å². The number of methoxy groups -OCH3 is 1. The Morgan fingerprint density at radius 1 is 1.25 bits per heavy atom. The lowest BCUT2D eigenvalue weighted by atomic mass is 9.96. The number of nitrogens with one attached hydrogen (secondary N) is 1. The Labute approximate surface area is 288 Å². The van der Waals surface area contributed by atoms with Crippen molar-refractivity contribution in [2.75, 3.05) is 32.7 Å². The maximum atomic E-state index is 14.4. The van der Waals surface area contributed by atoms with Crippen LogP contribution in [0.3, 0.4) is 0 Å². The molecule has 19 heteroatoms. The van der Waals surface area contributed by atoms with Crippen LogP contribution in [0.4, 0.5) is 5.95 Å². The van der Waals surface area contributed by atoms with Crippen LogP contribution in [0, 0.1) is 3.83 Å². The number of nitrogens with zero attached hydrogens (tertiary/aromatic N) is 5. The van der Waals surface area contributed by atoms with Crippen LogP contribution in [0.2, 0.25) is 0 Å². The number of aliphatic hydroxyl groups is 2. The van der Waals surface area contributed by atoms with Crippen LogP contribution in [-0.4, -0.2) is 97.6 Å². The number of pyridine rings is 1. The predicted octanol–water partition coefficient (Wildman–Crippen LogP) is 2.48. The lowest BCUT2D eigenvalue weighted by molar-refractivity contribution is -0.154. The molecule has 48 heavy (non-hydrogen) atoms.